The minimum Gasteiger partial charge on any atom is -0.459 e. The first-order valence-corrected chi connectivity index (χ1v) is 16.9. The highest BCUT2D eigenvalue weighted by Crippen LogP contribution is 2.75. The van der Waals surface area contributed by atoms with E-state index in [2.05, 4.69) is 19.9 Å². The Morgan fingerprint density at radius 1 is 0.979 bits per heavy atom. The molecule has 11 nitrogen and oxygen atoms in total. The average molecular weight is 661 g/mol. The first kappa shape index (κ1) is 34.9. The molecule has 262 valence electrons. The van der Waals surface area contributed by atoms with Crippen molar-refractivity contribution in [2.45, 2.75) is 123 Å². The SMILES string of the molecule is C/C(=C\[C@@H]1C[C@](C)(O)[C@H]2[C@@H](C[C@@]3(C)[C@@H]4CC=C5[C@@H](C=C(O[C@@H]6O[C@H](CO)[C@@H](O)[C@H](O)[C@H]6O)C(=O)C5(C)C)[C@]4(C)C(=O)C[C@]23C)O1)CO. The topological polar surface area (TPSA) is 183 Å². The second kappa shape index (κ2) is 11.3. The molecule has 47 heavy (non-hydrogen) atoms. The van der Waals surface area contributed by atoms with Gasteiger partial charge in [-0.1, -0.05) is 38.5 Å². The summed E-state index contributed by atoms with van der Waals surface area (Å²) in [5, 5.41) is 62.6. The van der Waals surface area contributed by atoms with E-state index >= 15 is 0 Å². The monoisotopic (exact) mass is 660 g/mol. The predicted molar refractivity (Wildman–Crippen MR) is 168 cm³/mol. The molecule has 2 heterocycles. The number of Topliss-reactive ketones (excluding diaryl/α,β-unsaturated/α-hetero) is 2. The molecule has 4 aliphatic carbocycles. The summed E-state index contributed by atoms with van der Waals surface area (Å²) in [6, 6.07) is 0. The van der Waals surface area contributed by atoms with Crippen LogP contribution < -0.4 is 0 Å². The van der Waals surface area contributed by atoms with E-state index in [1.165, 1.54) is 0 Å². The summed E-state index contributed by atoms with van der Waals surface area (Å²) in [5.74, 6) is -1.40. The first-order valence-electron chi connectivity index (χ1n) is 16.9. The first-order chi connectivity index (χ1) is 21.8. The molecule has 6 rings (SSSR count). The maximum Gasteiger partial charge on any atom is 0.229 e. The molecule has 14 atom stereocenters. The summed E-state index contributed by atoms with van der Waals surface area (Å²) < 4.78 is 18.2. The van der Waals surface area contributed by atoms with E-state index < -0.39 is 70.5 Å². The van der Waals surface area contributed by atoms with E-state index in [4.69, 9.17) is 14.2 Å². The van der Waals surface area contributed by atoms with Crippen LogP contribution in [0.15, 0.2) is 35.1 Å². The van der Waals surface area contributed by atoms with Gasteiger partial charge >= 0.3 is 0 Å². The summed E-state index contributed by atoms with van der Waals surface area (Å²) >= 11 is 0. The average Bonchev–Trinajstić information content (AvgIpc) is 3.22. The molecule has 6 aliphatic rings. The molecule has 0 aromatic rings. The molecule has 2 saturated heterocycles. The summed E-state index contributed by atoms with van der Waals surface area (Å²) in [5.41, 5.74) is -2.51. The number of aliphatic hydroxyl groups is 6. The van der Waals surface area contributed by atoms with Crippen LogP contribution in [0, 0.1) is 39.4 Å². The second-order valence-electron chi connectivity index (χ2n) is 16.6. The highest BCUT2D eigenvalue weighted by atomic mass is 16.7. The molecule has 0 radical (unpaired) electrons. The molecule has 0 amide bonds. The molecule has 2 aliphatic heterocycles. The van der Waals surface area contributed by atoms with Crippen molar-refractivity contribution in [3.63, 3.8) is 0 Å². The van der Waals surface area contributed by atoms with Crippen LogP contribution in [0.3, 0.4) is 0 Å². The van der Waals surface area contributed by atoms with Crippen molar-refractivity contribution in [1.29, 1.82) is 0 Å². The molecular formula is C36H52O11. The highest BCUT2D eigenvalue weighted by molar-refractivity contribution is 6.02. The van der Waals surface area contributed by atoms with Gasteiger partial charge in [-0.25, -0.2) is 0 Å². The van der Waals surface area contributed by atoms with Gasteiger partial charge in [-0.2, -0.15) is 0 Å². The fourth-order valence-corrected chi connectivity index (χ4v) is 10.8. The van der Waals surface area contributed by atoms with Gasteiger partial charge in [0.15, 0.2) is 5.76 Å². The molecule has 6 N–H and O–H groups in total. The smallest absolute Gasteiger partial charge is 0.229 e. The van der Waals surface area contributed by atoms with Crippen molar-refractivity contribution in [2.75, 3.05) is 13.2 Å². The standard InChI is InChI=1S/C36H52O11/c1-17(15-37)10-18-12-35(6,44)29-22(45-18)13-33(4)24-9-8-19-20(36(24,7)25(39)14-34(29,33)5)11-21(30(43)32(19,2)3)46-31-28(42)27(41)26(40)23(16-38)47-31/h8,10-11,18,20,22-24,26-29,31,37-38,40-42,44H,9,12-16H2,1-7H3/b17-10+/t18-,20-,22-,23-,24+,26-,27+,28-,29+,31-,33+,34-,35+,36+/m1/s1. The van der Waals surface area contributed by atoms with Gasteiger partial charge in [-0.3, -0.25) is 9.59 Å². The van der Waals surface area contributed by atoms with Crippen LogP contribution in [0.4, 0.5) is 0 Å². The van der Waals surface area contributed by atoms with Crippen molar-refractivity contribution in [2.24, 2.45) is 39.4 Å². The van der Waals surface area contributed by atoms with Gasteiger partial charge in [0.25, 0.3) is 0 Å². The lowest BCUT2D eigenvalue weighted by atomic mass is 9.39. The number of hydrogen-bond donors (Lipinski definition) is 6. The molecule has 0 spiro atoms. The lowest BCUT2D eigenvalue weighted by Crippen LogP contribution is -2.64. The summed E-state index contributed by atoms with van der Waals surface area (Å²) in [6.07, 6.45) is -0.917. The third-order valence-corrected chi connectivity index (χ3v) is 13.4. The fourth-order valence-electron chi connectivity index (χ4n) is 10.8. The normalized spacial score (nSPS) is 50.9. The van der Waals surface area contributed by atoms with Gasteiger partial charge in [0, 0.05) is 30.1 Å². The zero-order chi connectivity index (χ0) is 34.6. The molecular weight excluding hydrogens is 608 g/mol. The van der Waals surface area contributed by atoms with Gasteiger partial charge in [-0.15, -0.1) is 0 Å². The van der Waals surface area contributed by atoms with Crippen molar-refractivity contribution < 1.29 is 54.4 Å². The number of fused-ring (bicyclic) bond motifs is 7. The molecule has 0 bridgehead atoms. The zero-order valence-electron chi connectivity index (χ0n) is 28.5. The summed E-state index contributed by atoms with van der Waals surface area (Å²) in [4.78, 5) is 28.6. The summed E-state index contributed by atoms with van der Waals surface area (Å²) in [6.45, 7) is 12.8. The van der Waals surface area contributed by atoms with Gasteiger partial charge in [0.05, 0.1) is 36.4 Å². The van der Waals surface area contributed by atoms with Gasteiger partial charge in [0.1, 0.15) is 30.2 Å². The molecule has 0 unspecified atom stereocenters. The van der Waals surface area contributed by atoms with Gasteiger partial charge < -0.3 is 44.8 Å². The Kier molecular flexibility index (Phi) is 8.37. The number of ether oxygens (including phenoxy) is 3. The van der Waals surface area contributed by atoms with Crippen LogP contribution in [0.1, 0.15) is 74.1 Å². The Hall–Kier alpha value is -1.96. The van der Waals surface area contributed by atoms with Crippen LogP contribution in [-0.2, 0) is 23.8 Å². The van der Waals surface area contributed by atoms with Crippen LogP contribution in [0.2, 0.25) is 0 Å². The molecule has 0 aromatic carbocycles. The van der Waals surface area contributed by atoms with E-state index in [0.717, 1.165) is 11.1 Å². The van der Waals surface area contributed by atoms with Crippen molar-refractivity contribution >= 4 is 11.6 Å². The lowest BCUT2D eigenvalue weighted by Gasteiger charge is -2.64. The Morgan fingerprint density at radius 2 is 1.66 bits per heavy atom. The second-order valence-corrected chi connectivity index (χ2v) is 16.6. The number of aliphatic hydroxyl groups excluding tert-OH is 5. The van der Waals surface area contributed by atoms with Crippen molar-refractivity contribution in [3.8, 4) is 0 Å². The van der Waals surface area contributed by atoms with Crippen molar-refractivity contribution in [1.82, 2.24) is 0 Å². The number of carbonyl (C=O) groups is 2. The zero-order valence-corrected chi connectivity index (χ0v) is 28.5. The lowest BCUT2D eigenvalue weighted by molar-refractivity contribution is -0.291. The third kappa shape index (κ3) is 4.82. The number of hydrogen-bond acceptors (Lipinski definition) is 11. The van der Waals surface area contributed by atoms with Gasteiger partial charge in [-0.05, 0) is 68.9 Å². The van der Waals surface area contributed by atoms with Gasteiger partial charge in [0.2, 0.25) is 12.1 Å². The fraction of sp³-hybridized carbons (Fsp3) is 0.778. The van der Waals surface area contributed by atoms with E-state index in [1.807, 2.05) is 26.8 Å². The van der Waals surface area contributed by atoms with E-state index in [9.17, 15) is 40.2 Å². The van der Waals surface area contributed by atoms with Crippen LogP contribution in [0.5, 0.6) is 0 Å². The minimum absolute atomic E-state index is 0.0428. The van der Waals surface area contributed by atoms with Crippen LogP contribution in [0.25, 0.3) is 0 Å². The Morgan fingerprint density at radius 3 is 2.30 bits per heavy atom. The number of carbonyl (C=O) groups excluding carboxylic acids is 2. The molecule has 0 aromatic heterocycles. The number of rotatable bonds is 5. The minimum atomic E-state index is -1.69. The largest absolute Gasteiger partial charge is 0.459 e. The number of allylic oxidation sites excluding steroid dienone is 4. The van der Waals surface area contributed by atoms with E-state index in [1.54, 1.807) is 19.9 Å². The van der Waals surface area contributed by atoms with E-state index in [-0.39, 0.29) is 54.4 Å². The quantitative estimate of drug-likeness (QED) is 0.236. The highest BCUT2D eigenvalue weighted by Gasteiger charge is 2.75. The van der Waals surface area contributed by atoms with E-state index in [0.29, 0.717) is 19.3 Å². The van der Waals surface area contributed by atoms with Crippen LogP contribution in [-0.4, -0.2) is 104 Å². The maximum atomic E-state index is 14.7. The molecule has 4 fully saturated rings. The summed E-state index contributed by atoms with van der Waals surface area (Å²) in [7, 11) is 0. The Bertz CT molecular complexity index is 1410. The number of ketones is 2. The third-order valence-electron chi connectivity index (χ3n) is 13.4. The molecule has 11 heteroatoms. The Labute approximate surface area is 276 Å². The Balaban J connectivity index is 1.39. The van der Waals surface area contributed by atoms with Crippen molar-refractivity contribution in [3.05, 3.63) is 35.1 Å². The van der Waals surface area contributed by atoms with Crippen LogP contribution >= 0.6 is 0 Å². The predicted octanol–water partition coefficient (Wildman–Crippen LogP) is 1.72. The molecule has 2 saturated carbocycles. The maximum absolute atomic E-state index is 14.7.